The molecule has 0 atom stereocenters. The third-order valence-electron chi connectivity index (χ3n) is 4.34. The monoisotopic (exact) mass is 561 g/mol. The summed E-state index contributed by atoms with van der Waals surface area (Å²) in [6.45, 7) is 0. The minimum atomic E-state index is -1.49. The molecule has 1 amide bonds. The fourth-order valence-electron chi connectivity index (χ4n) is 2.82. The zero-order valence-electron chi connectivity index (χ0n) is 16.3. The number of anilines is 1. The summed E-state index contributed by atoms with van der Waals surface area (Å²) in [4.78, 5) is 37.7. The Hall–Kier alpha value is -1.93. The van der Waals surface area contributed by atoms with Crippen LogP contribution in [0.4, 0.5) is 5.69 Å². The van der Waals surface area contributed by atoms with Crippen molar-refractivity contribution in [3.05, 3.63) is 90.3 Å². The van der Waals surface area contributed by atoms with Crippen LogP contribution in [0.5, 0.6) is 0 Å². The van der Waals surface area contributed by atoms with E-state index in [2.05, 4.69) is 5.32 Å². The van der Waals surface area contributed by atoms with Gasteiger partial charge in [0.1, 0.15) is 0 Å². The summed E-state index contributed by atoms with van der Waals surface area (Å²) in [7, 11) is 0. The number of ketones is 1. The number of carboxylic acid groups (broad SMARTS) is 1. The smallest absolute Gasteiger partial charge is 0.338 e. The predicted molar refractivity (Wildman–Crippen MR) is 134 cm³/mol. The third kappa shape index (κ3) is 5.77. The van der Waals surface area contributed by atoms with Crippen molar-refractivity contribution in [2.75, 3.05) is 11.1 Å². The molecule has 0 aliphatic rings. The van der Waals surface area contributed by atoms with Crippen LogP contribution in [0, 0.1) is 0 Å². The molecule has 5 nitrogen and oxygen atoms in total. The van der Waals surface area contributed by atoms with E-state index in [0.717, 1.165) is 0 Å². The summed E-state index contributed by atoms with van der Waals surface area (Å²) in [6.07, 6.45) is 0. The molecule has 3 aromatic carbocycles. The van der Waals surface area contributed by atoms with Gasteiger partial charge < -0.3 is 10.4 Å². The van der Waals surface area contributed by atoms with Crippen LogP contribution in [-0.2, 0) is 0 Å². The number of carbonyl (C=O) groups excluding carboxylic acids is 2. The van der Waals surface area contributed by atoms with E-state index in [9.17, 15) is 19.5 Å². The van der Waals surface area contributed by atoms with Crippen LogP contribution in [0.2, 0.25) is 25.1 Å². The van der Waals surface area contributed by atoms with Crippen molar-refractivity contribution in [3.8, 4) is 0 Å². The molecule has 2 N–H and O–H groups in total. The Labute approximate surface area is 217 Å². The molecule has 0 saturated heterocycles. The second kappa shape index (κ2) is 11.0. The summed E-state index contributed by atoms with van der Waals surface area (Å²) in [6, 6.07) is 13.4. The Morgan fingerprint density at radius 2 is 1.45 bits per heavy atom. The Kier molecular flexibility index (Phi) is 8.56. The molecule has 0 radical (unpaired) electrons. The quantitative estimate of drug-likeness (QED) is 0.132. The number of thioether (sulfide) groups is 1. The van der Waals surface area contributed by atoms with Crippen molar-refractivity contribution in [3.63, 3.8) is 0 Å². The normalized spacial score (nSPS) is 10.7. The third-order valence-corrected chi connectivity index (χ3v) is 7.47. The van der Waals surface area contributed by atoms with E-state index < -0.39 is 28.0 Å². The molecule has 0 bridgehead atoms. The van der Waals surface area contributed by atoms with Gasteiger partial charge in [0.15, 0.2) is 5.78 Å². The summed E-state index contributed by atoms with van der Waals surface area (Å²) >= 11 is 31.3. The van der Waals surface area contributed by atoms with Gasteiger partial charge >= 0.3 is 5.97 Å². The highest BCUT2D eigenvalue weighted by Gasteiger charge is 2.29. The van der Waals surface area contributed by atoms with Gasteiger partial charge in [-0.2, -0.15) is 0 Å². The molecule has 0 heterocycles. The average molecular weight is 564 g/mol. The van der Waals surface area contributed by atoms with Crippen LogP contribution in [0.1, 0.15) is 31.1 Å². The number of carboxylic acids is 1. The Balaban J connectivity index is 1.81. The van der Waals surface area contributed by atoms with Crippen molar-refractivity contribution in [1.29, 1.82) is 0 Å². The molecule has 0 aliphatic heterocycles. The van der Waals surface area contributed by atoms with Gasteiger partial charge in [-0.3, -0.25) is 9.59 Å². The number of rotatable bonds is 7. The highest BCUT2D eigenvalue weighted by Crippen LogP contribution is 2.42. The number of Topliss-reactive ketones (excluding diaryl/α,β-unsaturated/α-hetero) is 1. The molecule has 0 spiro atoms. The van der Waals surface area contributed by atoms with Gasteiger partial charge in [-0.15, -0.1) is 11.8 Å². The van der Waals surface area contributed by atoms with Gasteiger partial charge in [0.2, 0.25) is 0 Å². The van der Waals surface area contributed by atoms with E-state index in [-0.39, 0.29) is 26.6 Å². The average Bonchev–Trinajstić information content (AvgIpc) is 2.78. The first-order chi connectivity index (χ1) is 15.6. The van der Waals surface area contributed by atoms with E-state index in [4.69, 9.17) is 58.0 Å². The van der Waals surface area contributed by atoms with Gasteiger partial charge in [0.25, 0.3) is 5.91 Å². The van der Waals surface area contributed by atoms with E-state index >= 15 is 0 Å². The van der Waals surface area contributed by atoms with Crippen molar-refractivity contribution >= 4 is 93.1 Å². The predicted octanol–water partition coefficient (Wildman–Crippen LogP) is 7.88. The second-order valence-electron chi connectivity index (χ2n) is 6.48. The number of amides is 1. The molecular weight excluding hydrogens is 552 g/mol. The van der Waals surface area contributed by atoms with Crippen molar-refractivity contribution in [2.45, 2.75) is 4.90 Å². The van der Waals surface area contributed by atoms with Gasteiger partial charge in [0.05, 0.1) is 42.0 Å². The number of hydrogen-bond acceptors (Lipinski definition) is 4. The largest absolute Gasteiger partial charge is 0.478 e. The molecule has 3 aromatic rings. The molecule has 0 saturated carbocycles. The van der Waals surface area contributed by atoms with E-state index in [1.165, 1.54) is 11.8 Å². The fourth-order valence-corrected chi connectivity index (χ4v) is 4.92. The molecular formula is C22H12Cl5NO4S. The van der Waals surface area contributed by atoms with Gasteiger partial charge in [-0.25, -0.2) is 4.79 Å². The Morgan fingerprint density at radius 1 is 0.818 bits per heavy atom. The summed E-state index contributed by atoms with van der Waals surface area (Å²) < 4.78 is 0. The summed E-state index contributed by atoms with van der Waals surface area (Å²) in [5.74, 6) is -2.36. The lowest BCUT2D eigenvalue weighted by Gasteiger charge is -2.14. The molecule has 3 rings (SSSR count). The molecule has 11 heteroatoms. The van der Waals surface area contributed by atoms with Crippen LogP contribution >= 0.6 is 69.8 Å². The molecule has 0 aromatic heterocycles. The number of aromatic carboxylic acids is 1. The van der Waals surface area contributed by atoms with Gasteiger partial charge in [-0.1, -0.05) is 76.2 Å². The molecule has 0 aliphatic carbocycles. The minimum Gasteiger partial charge on any atom is -0.478 e. The Bertz CT molecular complexity index is 1280. The van der Waals surface area contributed by atoms with Crippen LogP contribution in [-0.4, -0.2) is 28.5 Å². The lowest BCUT2D eigenvalue weighted by Crippen LogP contribution is -2.18. The maximum absolute atomic E-state index is 12.9. The van der Waals surface area contributed by atoms with Gasteiger partial charge in [0, 0.05) is 16.1 Å². The fraction of sp³-hybridized carbons (Fsp3) is 0.0455. The number of halogens is 5. The maximum Gasteiger partial charge on any atom is 0.338 e. The SMILES string of the molecule is O=C(CSc1cccc(NC(=O)c2c(Cl)c(Cl)c(Cl)c(Cl)c2C(=O)O)c1)c1ccccc1Cl. The molecule has 0 unspecified atom stereocenters. The second-order valence-corrected chi connectivity index (χ2v) is 9.45. The van der Waals surface area contributed by atoms with Crippen molar-refractivity contribution in [2.24, 2.45) is 0 Å². The highest BCUT2D eigenvalue weighted by molar-refractivity contribution is 8.00. The zero-order valence-corrected chi connectivity index (χ0v) is 20.9. The van der Waals surface area contributed by atoms with Crippen molar-refractivity contribution in [1.82, 2.24) is 0 Å². The first kappa shape index (κ1) is 25.7. The first-order valence-corrected chi connectivity index (χ1v) is 11.9. The number of hydrogen-bond donors (Lipinski definition) is 2. The summed E-state index contributed by atoms with van der Waals surface area (Å²) in [5, 5.41) is 11.2. The maximum atomic E-state index is 12.9. The zero-order chi connectivity index (χ0) is 24.3. The highest BCUT2D eigenvalue weighted by atomic mass is 35.5. The standard InChI is InChI=1S/C22H12Cl5NO4S/c23-13-7-2-1-6-12(13)14(29)9-33-11-5-3-4-10(8-11)28-21(30)15-16(22(31)32)18(25)20(27)19(26)17(15)24/h1-8H,9H2,(H,28,30)(H,31,32). The molecule has 0 fully saturated rings. The minimum absolute atomic E-state index is 0.124. The van der Waals surface area contributed by atoms with E-state index in [1.54, 1.807) is 48.5 Å². The van der Waals surface area contributed by atoms with E-state index in [0.29, 0.717) is 21.2 Å². The van der Waals surface area contributed by atoms with Gasteiger partial charge in [-0.05, 0) is 30.3 Å². The lowest BCUT2D eigenvalue weighted by atomic mass is 10.1. The van der Waals surface area contributed by atoms with Crippen LogP contribution in [0.3, 0.4) is 0 Å². The lowest BCUT2D eigenvalue weighted by molar-refractivity contribution is 0.0692. The number of nitrogens with one attached hydrogen (secondary N) is 1. The molecule has 170 valence electrons. The first-order valence-electron chi connectivity index (χ1n) is 9.03. The topological polar surface area (TPSA) is 83.5 Å². The number of carbonyl (C=O) groups is 3. The van der Waals surface area contributed by atoms with Crippen LogP contribution in [0.15, 0.2) is 53.4 Å². The number of benzene rings is 3. The molecule has 33 heavy (non-hydrogen) atoms. The van der Waals surface area contributed by atoms with Crippen LogP contribution < -0.4 is 5.32 Å². The Morgan fingerprint density at radius 3 is 2.09 bits per heavy atom. The van der Waals surface area contributed by atoms with Crippen molar-refractivity contribution < 1.29 is 19.5 Å². The summed E-state index contributed by atoms with van der Waals surface area (Å²) in [5.41, 5.74) is -0.229. The van der Waals surface area contributed by atoms with E-state index in [1.807, 2.05) is 0 Å². The van der Waals surface area contributed by atoms with Crippen LogP contribution in [0.25, 0.3) is 0 Å².